The topological polar surface area (TPSA) is 51.5 Å². The monoisotopic (exact) mass is 442 g/mol. The highest BCUT2D eigenvalue weighted by Crippen LogP contribution is 2.35. The van der Waals surface area contributed by atoms with E-state index in [0.29, 0.717) is 30.8 Å². The molecule has 3 rings (SSSR count). The average molecular weight is 443 g/mol. The van der Waals surface area contributed by atoms with E-state index >= 15 is 0 Å². The Bertz CT molecular complexity index is 1000. The summed E-state index contributed by atoms with van der Waals surface area (Å²) < 4.78 is 46.3. The third-order valence-corrected chi connectivity index (χ3v) is 5.57. The van der Waals surface area contributed by atoms with Crippen molar-refractivity contribution in [2.45, 2.75) is 38.5 Å². The Kier molecular flexibility index (Phi) is 6.45. The van der Waals surface area contributed by atoms with Gasteiger partial charge < -0.3 is 14.2 Å². The largest absolute Gasteiger partial charge is 0.488 e. The van der Waals surface area contributed by atoms with Crippen LogP contribution < -0.4 is 10.3 Å². The van der Waals surface area contributed by atoms with Crippen molar-refractivity contribution in [3.8, 4) is 5.75 Å². The summed E-state index contributed by atoms with van der Waals surface area (Å²) in [6, 6.07) is 6.87. The molecule has 1 aliphatic heterocycles. The molecule has 1 fully saturated rings. The van der Waals surface area contributed by atoms with E-state index in [2.05, 4.69) is 0 Å². The fourth-order valence-electron chi connectivity index (χ4n) is 3.40. The van der Waals surface area contributed by atoms with Crippen molar-refractivity contribution in [2.75, 3.05) is 13.1 Å². The molecule has 0 radical (unpaired) electrons. The van der Waals surface area contributed by atoms with Crippen LogP contribution in [-0.4, -0.2) is 34.6 Å². The highest BCUT2D eigenvalue weighted by atomic mass is 35.5. The Morgan fingerprint density at radius 1 is 1.27 bits per heavy atom. The first-order valence-electron chi connectivity index (χ1n) is 9.52. The van der Waals surface area contributed by atoms with Gasteiger partial charge in [0.2, 0.25) is 5.91 Å². The van der Waals surface area contributed by atoms with E-state index in [4.69, 9.17) is 16.3 Å². The molecule has 1 atom stereocenters. The lowest BCUT2D eigenvalue weighted by Crippen LogP contribution is -2.31. The quantitative estimate of drug-likeness (QED) is 0.704. The number of aryl methyl sites for hydroxylation is 2. The van der Waals surface area contributed by atoms with Crippen molar-refractivity contribution in [3.05, 3.63) is 62.5 Å². The van der Waals surface area contributed by atoms with Crippen LogP contribution >= 0.6 is 11.6 Å². The van der Waals surface area contributed by atoms with Crippen LogP contribution in [0.3, 0.4) is 0 Å². The fourth-order valence-corrected chi connectivity index (χ4v) is 3.63. The van der Waals surface area contributed by atoms with Crippen molar-refractivity contribution in [1.29, 1.82) is 0 Å². The van der Waals surface area contributed by atoms with Gasteiger partial charge in [-0.15, -0.1) is 0 Å². The Labute approximate surface area is 177 Å². The van der Waals surface area contributed by atoms with Gasteiger partial charge in [0.25, 0.3) is 5.56 Å². The Morgan fingerprint density at radius 2 is 2.00 bits per heavy atom. The molecule has 1 saturated heterocycles. The number of carbonyl (C=O) groups is 1. The average Bonchev–Trinajstić information content (AvgIpc) is 3.12. The highest BCUT2D eigenvalue weighted by Gasteiger charge is 2.33. The summed E-state index contributed by atoms with van der Waals surface area (Å²) in [4.78, 5) is 26.0. The van der Waals surface area contributed by atoms with Gasteiger partial charge in [0, 0.05) is 38.2 Å². The van der Waals surface area contributed by atoms with Crippen LogP contribution in [-0.2, 0) is 24.4 Å². The first-order chi connectivity index (χ1) is 14.0. The Morgan fingerprint density at radius 3 is 2.67 bits per heavy atom. The molecule has 0 spiro atoms. The van der Waals surface area contributed by atoms with Crippen LogP contribution in [0.15, 0.2) is 35.1 Å². The number of hydrogen-bond donors (Lipinski definition) is 0. The molecule has 0 N–H and O–H groups in total. The summed E-state index contributed by atoms with van der Waals surface area (Å²) in [5.74, 6) is 0.320. The molecule has 9 heteroatoms. The normalized spacial score (nSPS) is 16.7. The maximum Gasteiger partial charge on any atom is 0.417 e. The summed E-state index contributed by atoms with van der Waals surface area (Å²) in [6.45, 7) is 2.68. The zero-order chi connectivity index (χ0) is 22.1. The van der Waals surface area contributed by atoms with Gasteiger partial charge >= 0.3 is 6.18 Å². The Balaban J connectivity index is 1.56. The Hall–Kier alpha value is -2.48. The van der Waals surface area contributed by atoms with Gasteiger partial charge in [0.05, 0.1) is 17.1 Å². The number of rotatable bonds is 5. The van der Waals surface area contributed by atoms with Gasteiger partial charge in [-0.3, -0.25) is 9.59 Å². The predicted molar refractivity (Wildman–Crippen MR) is 107 cm³/mol. The second-order valence-corrected chi connectivity index (χ2v) is 7.82. The number of alkyl halides is 3. The molecular weight excluding hydrogens is 421 g/mol. The number of likely N-dealkylation sites (tertiary alicyclic amines) is 1. The lowest BCUT2D eigenvalue weighted by Gasteiger charge is -2.18. The van der Waals surface area contributed by atoms with Crippen LogP contribution in [0.5, 0.6) is 5.75 Å². The van der Waals surface area contributed by atoms with E-state index in [0.717, 1.165) is 11.8 Å². The summed E-state index contributed by atoms with van der Waals surface area (Å²) in [6.07, 6.45) is -3.86. The van der Waals surface area contributed by atoms with Crippen molar-refractivity contribution in [3.63, 3.8) is 0 Å². The second kappa shape index (κ2) is 8.71. The molecule has 1 aromatic carbocycles. The standard InChI is InChI=1S/C21H22ClF3N2O3/c1-13-9-16(11-20(29)26(13)2)30-15-7-8-27(12-15)19(28)6-4-14-3-5-18(22)17(10-14)21(23,24)25/h3,5,9-11,15H,4,6-8,12H2,1-2H3/t15-/m0/s1. The number of hydrogen-bond acceptors (Lipinski definition) is 3. The number of amides is 1. The maximum absolute atomic E-state index is 13.0. The zero-order valence-corrected chi connectivity index (χ0v) is 17.4. The molecule has 1 aliphatic rings. The van der Waals surface area contributed by atoms with Crippen molar-refractivity contribution in [1.82, 2.24) is 9.47 Å². The molecular formula is C21H22ClF3N2O3. The van der Waals surface area contributed by atoms with E-state index in [-0.39, 0.29) is 35.4 Å². The third-order valence-electron chi connectivity index (χ3n) is 5.24. The summed E-state index contributed by atoms with van der Waals surface area (Å²) in [5.41, 5.74) is 0.109. The molecule has 0 unspecified atom stereocenters. The minimum atomic E-state index is -4.53. The van der Waals surface area contributed by atoms with E-state index in [1.165, 1.54) is 22.8 Å². The fraction of sp³-hybridized carbons (Fsp3) is 0.429. The number of ether oxygens (including phenoxy) is 1. The van der Waals surface area contributed by atoms with Gasteiger partial charge in [-0.25, -0.2) is 0 Å². The number of benzene rings is 1. The molecule has 162 valence electrons. The zero-order valence-electron chi connectivity index (χ0n) is 16.6. The smallest absolute Gasteiger partial charge is 0.417 e. The van der Waals surface area contributed by atoms with Crippen molar-refractivity contribution >= 4 is 17.5 Å². The molecule has 2 heterocycles. The second-order valence-electron chi connectivity index (χ2n) is 7.41. The van der Waals surface area contributed by atoms with Gasteiger partial charge in [-0.1, -0.05) is 17.7 Å². The van der Waals surface area contributed by atoms with Gasteiger partial charge in [0.15, 0.2) is 0 Å². The summed E-state index contributed by atoms with van der Waals surface area (Å²) in [5, 5.41) is -0.358. The SMILES string of the molecule is Cc1cc(O[C@H]2CCN(C(=O)CCc3ccc(Cl)c(C(F)(F)F)c3)C2)cc(=O)n1C. The number of carbonyl (C=O) groups excluding carboxylic acids is 1. The van der Waals surface area contributed by atoms with Gasteiger partial charge in [-0.2, -0.15) is 13.2 Å². The maximum atomic E-state index is 13.0. The minimum absolute atomic E-state index is 0.0939. The molecule has 0 saturated carbocycles. The van der Waals surface area contributed by atoms with Crippen LogP contribution in [0.2, 0.25) is 5.02 Å². The van der Waals surface area contributed by atoms with Crippen LogP contribution in [0, 0.1) is 6.92 Å². The number of pyridine rings is 1. The van der Waals surface area contributed by atoms with E-state index in [1.54, 1.807) is 24.9 Å². The number of halogens is 4. The molecule has 30 heavy (non-hydrogen) atoms. The lowest BCUT2D eigenvalue weighted by molar-refractivity contribution is -0.137. The van der Waals surface area contributed by atoms with E-state index in [1.807, 2.05) is 0 Å². The molecule has 0 bridgehead atoms. The van der Waals surface area contributed by atoms with Crippen LogP contribution in [0.25, 0.3) is 0 Å². The summed E-state index contributed by atoms with van der Waals surface area (Å²) >= 11 is 5.63. The first-order valence-corrected chi connectivity index (χ1v) is 9.90. The van der Waals surface area contributed by atoms with Crippen LogP contribution in [0.4, 0.5) is 13.2 Å². The van der Waals surface area contributed by atoms with Gasteiger partial charge in [0.1, 0.15) is 11.9 Å². The van der Waals surface area contributed by atoms with E-state index < -0.39 is 11.7 Å². The lowest BCUT2D eigenvalue weighted by atomic mass is 10.1. The first kappa shape index (κ1) is 22.2. The summed E-state index contributed by atoms with van der Waals surface area (Å²) in [7, 11) is 1.68. The molecule has 1 amide bonds. The van der Waals surface area contributed by atoms with Crippen molar-refractivity contribution < 1.29 is 22.7 Å². The predicted octanol–water partition coefficient (Wildman–Crippen LogP) is 3.98. The van der Waals surface area contributed by atoms with Crippen molar-refractivity contribution in [2.24, 2.45) is 7.05 Å². The molecule has 2 aromatic rings. The minimum Gasteiger partial charge on any atom is -0.488 e. The molecule has 0 aliphatic carbocycles. The van der Waals surface area contributed by atoms with E-state index in [9.17, 15) is 22.8 Å². The molecule has 5 nitrogen and oxygen atoms in total. The molecule has 1 aromatic heterocycles. The third kappa shape index (κ3) is 5.16. The number of aromatic nitrogens is 1. The van der Waals surface area contributed by atoms with Crippen LogP contribution in [0.1, 0.15) is 29.7 Å². The number of nitrogens with zero attached hydrogens (tertiary/aromatic N) is 2. The highest BCUT2D eigenvalue weighted by molar-refractivity contribution is 6.31. The van der Waals surface area contributed by atoms with Gasteiger partial charge in [-0.05, 0) is 37.1 Å².